The SMILES string of the molecule is CC/C=C\C/C=C\C/C=C\C/C=C\CCCCCCCCC(=O)OC(CO)COP(=O)(O)OCC(COC(=O)CCCCCCC/C=C\C/C=C\C/C=C\CC)OC(=O)CCCCCCCC/C=C\C/C=C\C/C=C\C/C=C\CC. The molecule has 0 heterocycles. The van der Waals surface area contributed by atoms with Gasteiger partial charge in [-0.25, -0.2) is 4.57 Å². The number of carbonyl (C=O) groups is 3. The molecule has 80 heavy (non-hydrogen) atoms. The molecule has 0 bridgehead atoms. The number of hydrogen-bond acceptors (Lipinski definition) is 10. The van der Waals surface area contributed by atoms with E-state index in [2.05, 4.69) is 154 Å². The summed E-state index contributed by atoms with van der Waals surface area (Å²) in [5.41, 5.74) is 0. The van der Waals surface area contributed by atoms with Crippen LogP contribution in [0.3, 0.4) is 0 Å². The molecule has 3 unspecified atom stereocenters. The number of aliphatic hydroxyl groups is 1. The topological polar surface area (TPSA) is 155 Å². The predicted molar refractivity (Wildman–Crippen MR) is 334 cm³/mol. The van der Waals surface area contributed by atoms with Crippen molar-refractivity contribution in [2.75, 3.05) is 26.4 Å². The van der Waals surface area contributed by atoms with Crippen LogP contribution >= 0.6 is 7.82 Å². The summed E-state index contributed by atoms with van der Waals surface area (Å²) in [6, 6.07) is 0. The van der Waals surface area contributed by atoms with Crippen LogP contribution in [-0.2, 0) is 42.2 Å². The number of phosphoric acid groups is 1. The molecule has 11 nitrogen and oxygen atoms in total. The number of aliphatic hydroxyl groups excluding tert-OH is 1. The lowest BCUT2D eigenvalue weighted by molar-refractivity contribution is -0.161. The van der Waals surface area contributed by atoms with Gasteiger partial charge in [0.25, 0.3) is 0 Å². The van der Waals surface area contributed by atoms with Crippen molar-refractivity contribution in [1.29, 1.82) is 0 Å². The van der Waals surface area contributed by atoms with Gasteiger partial charge in [-0.05, 0) is 128 Å². The molecule has 0 aromatic rings. The van der Waals surface area contributed by atoms with Gasteiger partial charge < -0.3 is 24.2 Å². The van der Waals surface area contributed by atoms with E-state index < -0.39 is 57.8 Å². The van der Waals surface area contributed by atoms with Crippen LogP contribution < -0.4 is 0 Å². The molecule has 0 saturated heterocycles. The van der Waals surface area contributed by atoms with Gasteiger partial charge in [-0.15, -0.1) is 0 Å². The summed E-state index contributed by atoms with van der Waals surface area (Å²) < 4.78 is 39.6. The van der Waals surface area contributed by atoms with Gasteiger partial charge in [0, 0.05) is 19.3 Å². The van der Waals surface area contributed by atoms with Gasteiger partial charge in [-0.3, -0.25) is 23.4 Å². The van der Waals surface area contributed by atoms with E-state index in [1.165, 1.54) is 0 Å². The molecule has 0 aromatic carbocycles. The molecule has 0 aliphatic rings. The molecule has 0 spiro atoms. The number of ether oxygens (including phenoxy) is 3. The van der Waals surface area contributed by atoms with Gasteiger partial charge in [0.1, 0.15) is 12.7 Å². The van der Waals surface area contributed by atoms with Crippen molar-refractivity contribution in [2.45, 2.75) is 251 Å². The summed E-state index contributed by atoms with van der Waals surface area (Å²) in [5.74, 6) is -1.53. The lowest BCUT2D eigenvalue weighted by atomic mass is 10.1. The van der Waals surface area contributed by atoms with Crippen molar-refractivity contribution in [2.24, 2.45) is 0 Å². The average Bonchev–Trinajstić information content (AvgIpc) is 3.45. The third-order valence-corrected chi connectivity index (χ3v) is 13.5. The van der Waals surface area contributed by atoms with E-state index in [1.54, 1.807) is 0 Å². The smallest absolute Gasteiger partial charge is 0.462 e. The molecule has 0 saturated carbocycles. The van der Waals surface area contributed by atoms with Crippen molar-refractivity contribution in [3.8, 4) is 0 Å². The fourth-order valence-corrected chi connectivity index (χ4v) is 8.72. The number of hydrogen-bond donors (Lipinski definition) is 2. The monoisotopic (exact) mass is 1130 g/mol. The summed E-state index contributed by atoms with van der Waals surface area (Å²) in [4.78, 5) is 48.7. The van der Waals surface area contributed by atoms with Gasteiger partial charge in [0.05, 0.1) is 19.8 Å². The molecule has 0 fully saturated rings. The number of allylic oxidation sites excluding steroid dienone is 22. The number of unbranched alkanes of at least 4 members (excludes halogenated alkanes) is 17. The number of carbonyl (C=O) groups excluding carboxylic acids is 3. The Labute approximate surface area is 487 Å². The third-order valence-electron chi connectivity index (χ3n) is 12.6. The molecule has 0 aliphatic carbocycles. The van der Waals surface area contributed by atoms with Crippen LogP contribution in [0.2, 0.25) is 0 Å². The molecule has 0 amide bonds. The van der Waals surface area contributed by atoms with Crippen LogP contribution in [0, 0.1) is 0 Å². The third kappa shape index (κ3) is 58.3. The Hall–Kier alpha value is -4.38. The minimum Gasteiger partial charge on any atom is -0.462 e. The number of rotatable bonds is 56. The number of esters is 3. The van der Waals surface area contributed by atoms with E-state index in [0.29, 0.717) is 19.3 Å². The Balaban J connectivity index is 4.76. The highest BCUT2D eigenvalue weighted by Crippen LogP contribution is 2.43. The van der Waals surface area contributed by atoms with Crippen molar-refractivity contribution < 1.29 is 52.2 Å². The second-order valence-corrected chi connectivity index (χ2v) is 21.5. The van der Waals surface area contributed by atoms with Gasteiger partial charge in [-0.2, -0.15) is 0 Å². The Kier molecular flexibility index (Phi) is 57.4. The largest absolute Gasteiger partial charge is 0.472 e. The minimum atomic E-state index is -4.77. The van der Waals surface area contributed by atoms with E-state index in [9.17, 15) is 28.9 Å². The summed E-state index contributed by atoms with van der Waals surface area (Å²) in [7, 11) is -4.77. The standard InChI is InChI=1S/C68H111O11P/c1-4-7-10-13-16-19-22-25-28-30-32-34-37-40-43-46-49-52-55-58-67(71)78-64(60-69)62-76-80(73,74)77-63-65(61-75-66(70)57-54-51-48-45-42-39-36-27-24-21-18-15-12-9-6-3)79-68(72)59-56-53-50-47-44-41-38-35-33-31-29-26-23-20-17-14-11-8-5-2/h7-12,16-21,25-29,32-36,64-65,69H,4-6,13-15,22-24,30-31,37-63H2,1-3H3,(H,73,74)/b10-7-,11-8-,12-9-,19-16-,20-17-,21-18-,28-25-,29-26-,34-32-,35-33-,36-27-. The van der Waals surface area contributed by atoms with Gasteiger partial charge in [0.15, 0.2) is 6.10 Å². The van der Waals surface area contributed by atoms with Crippen LogP contribution in [0.4, 0.5) is 0 Å². The first-order chi connectivity index (χ1) is 39.2. The average molecular weight is 1140 g/mol. The minimum absolute atomic E-state index is 0.139. The lowest BCUT2D eigenvalue weighted by Crippen LogP contribution is -2.30. The van der Waals surface area contributed by atoms with E-state index in [1.807, 2.05) is 0 Å². The quantitative estimate of drug-likeness (QED) is 0.0197. The molecular weight excluding hydrogens is 1020 g/mol. The van der Waals surface area contributed by atoms with E-state index in [-0.39, 0.29) is 25.9 Å². The Morgan fingerprint density at radius 1 is 0.350 bits per heavy atom. The maximum atomic E-state index is 13.0. The van der Waals surface area contributed by atoms with Crippen molar-refractivity contribution in [1.82, 2.24) is 0 Å². The second-order valence-electron chi connectivity index (χ2n) is 20.1. The van der Waals surface area contributed by atoms with E-state index in [0.717, 1.165) is 180 Å². The summed E-state index contributed by atoms with van der Waals surface area (Å²) in [6.07, 6.45) is 76.8. The fourth-order valence-electron chi connectivity index (χ4n) is 7.94. The summed E-state index contributed by atoms with van der Waals surface area (Å²) in [6.45, 7) is 4.26. The van der Waals surface area contributed by atoms with Crippen LogP contribution in [0.15, 0.2) is 134 Å². The summed E-state index contributed by atoms with van der Waals surface area (Å²) >= 11 is 0. The molecule has 0 radical (unpaired) electrons. The van der Waals surface area contributed by atoms with E-state index >= 15 is 0 Å². The first-order valence-corrected chi connectivity index (χ1v) is 32.6. The normalized spacial score (nSPS) is 14.2. The Morgan fingerprint density at radius 3 is 0.938 bits per heavy atom. The van der Waals surface area contributed by atoms with Crippen molar-refractivity contribution >= 4 is 25.7 Å². The Morgan fingerprint density at radius 2 is 0.613 bits per heavy atom. The van der Waals surface area contributed by atoms with Gasteiger partial charge in [0.2, 0.25) is 0 Å². The molecular formula is C68H111O11P. The highest BCUT2D eigenvalue weighted by molar-refractivity contribution is 7.47. The van der Waals surface area contributed by atoms with E-state index in [4.69, 9.17) is 23.3 Å². The first-order valence-electron chi connectivity index (χ1n) is 31.1. The van der Waals surface area contributed by atoms with Crippen LogP contribution in [-0.4, -0.2) is 66.5 Å². The number of phosphoric ester groups is 1. The Bertz CT molecular complexity index is 1850. The molecule has 3 atom stereocenters. The molecule has 0 aliphatic heterocycles. The molecule has 2 N–H and O–H groups in total. The van der Waals surface area contributed by atoms with Crippen molar-refractivity contribution in [3.05, 3.63) is 134 Å². The molecule has 454 valence electrons. The maximum Gasteiger partial charge on any atom is 0.472 e. The highest BCUT2D eigenvalue weighted by atomic mass is 31.2. The first kappa shape index (κ1) is 75.6. The maximum absolute atomic E-state index is 13.0. The van der Waals surface area contributed by atoms with Gasteiger partial charge >= 0.3 is 25.7 Å². The van der Waals surface area contributed by atoms with Crippen LogP contribution in [0.1, 0.15) is 239 Å². The summed E-state index contributed by atoms with van der Waals surface area (Å²) in [5, 5.41) is 9.85. The van der Waals surface area contributed by atoms with Crippen LogP contribution in [0.5, 0.6) is 0 Å². The molecule has 12 heteroatoms. The van der Waals surface area contributed by atoms with Crippen LogP contribution in [0.25, 0.3) is 0 Å². The predicted octanol–water partition coefficient (Wildman–Crippen LogP) is 18.9. The zero-order chi connectivity index (χ0) is 58.3. The second kappa shape index (κ2) is 60.7. The molecule has 0 rings (SSSR count). The fraction of sp³-hybridized carbons (Fsp3) is 0.632. The van der Waals surface area contributed by atoms with Crippen molar-refractivity contribution in [3.63, 3.8) is 0 Å². The zero-order valence-electron chi connectivity index (χ0n) is 50.2. The van der Waals surface area contributed by atoms with Gasteiger partial charge in [-0.1, -0.05) is 225 Å². The lowest BCUT2D eigenvalue weighted by Gasteiger charge is -2.21. The zero-order valence-corrected chi connectivity index (χ0v) is 51.1. The molecule has 0 aromatic heterocycles. The highest BCUT2D eigenvalue weighted by Gasteiger charge is 2.28.